The number of hydrogen-bond acceptors (Lipinski definition) is 3. The minimum atomic E-state index is -0.157. The molecule has 0 saturated carbocycles. The summed E-state index contributed by atoms with van der Waals surface area (Å²) in [5, 5.41) is 3.36. The molecule has 1 rings (SSSR count). The van der Waals surface area contributed by atoms with E-state index in [-0.39, 0.29) is 18.1 Å². The Balaban J connectivity index is 0.00000121. The smallest absolute Gasteiger partial charge is 0.118 e. The molecule has 1 aliphatic rings. The van der Waals surface area contributed by atoms with Gasteiger partial charge in [-0.25, -0.2) is 0 Å². The molecule has 0 aromatic heterocycles. The van der Waals surface area contributed by atoms with Gasteiger partial charge in [-0.3, -0.25) is 5.32 Å². The van der Waals surface area contributed by atoms with Crippen molar-refractivity contribution < 1.29 is 9.47 Å². The zero-order valence-electron chi connectivity index (χ0n) is 7.92. The molecule has 0 bridgehead atoms. The molecule has 74 valence electrons. The molecule has 12 heavy (non-hydrogen) atoms. The van der Waals surface area contributed by atoms with Gasteiger partial charge in [0.1, 0.15) is 5.72 Å². The van der Waals surface area contributed by atoms with Crippen LogP contribution in [0, 0.1) is 0 Å². The Labute approximate surface area is 80.2 Å². The highest BCUT2D eigenvalue weighted by Gasteiger charge is 2.32. The van der Waals surface area contributed by atoms with E-state index in [1.165, 1.54) is 0 Å². The summed E-state index contributed by atoms with van der Waals surface area (Å²) >= 11 is 0. The van der Waals surface area contributed by atoms with Crippen molar-refractivity contribution in [2.75, 3.05) is 20.3 Å². The summed E-state index contributed by atoms with van der Waals surface area (Å²) in [5.41, 5.74) is -0.157. The lowest BCUT2D eigenvalue weighted by molar-refractivity contribution is -0.0173. The number of nitrogens with one attached hydrogen (secondary N) is 1. The Morgan fingerprint density at radius 3 is 2.75 bits per heavy atom. The minimum Gasteiger partial charge on any atom is -0.385 e. The predicted molar refractivity (Wildman–Crippen MR) is 50.7 cm³/mol. The van der Waals surface area contributed by atoms with Crippen LogP contribution in [-0.2, 0) is 9.47 Å². The van der Waals surface area contributed by atoms with Crippen LogP contribution in [-0.4, -0.2) is 32.1 Å². The summed E-state index contributed by atoms with van der Waals surface area (Å²) < 4.78 is 10.5. The number of rotatable bonds is 3. The summed E-state index contributed by atoms with van der Waals surface area (Å²) in [5.74, 6) is 0. The molecule has 1 saturated heterocycles. The Bertz CT molecular complexity index is 134. The molecule has 2 atom stereocenters. The third-order valence-corrected chi connectivity index (χ3v) is 1.99. The maximum atomic E-state index is 5.56. The fourth-order valence-corrected chi connectivity index (χ4v) is 1.35. The van der Waals surface area contributed by atoms with E-state index in [1.54, 1.807) is 7.11 Å². The average molecular weight is 196 g/mol. The molecule has 1 N–H and O–H groups in total. The van der Waals surface area contributed by atoms with Crippen LogP contribution < -0.4 is 5.32 Å². The van der Waals surface area contributed by atoms with Gasteiger partial charge in [0.2, 0.25) is 0 Å². The van der Waals surface area contributed by atoms with E-state index in [9.17, 15) is 0 Å². The van der Waals surface area contributed by atoms with Crippen LogP contribution in [0.2, 0.25) is 0 Å². The second kappa shape index (κ2) is 5.02. The second-order valence-corrected chi connectivity index (χ2v) is 3.33. The van der Waals surface area contributed by atoms with Crippen molar-refractivity contribution in [2.45, 2.75) is 32.0 Å². The van der Waals surface area contributed by atoms with Crippen LogP contribution >= 0.6 is 12.4 Å². The highest BCUT2D eigenvalue weighted by atomic mass is 35.5. The van der Waals surface area contributed by atoms with E-state index in [2.05, 4.69) is 19.2 Å². The maximum Gasteiger partial charge on any atom is 0.118 e. The molecule has 0 radical (unpaired) electrons. The standard InChI is InChI=1S/C8H17NO2.ClH/c1-7-6-11-8(2,9-7)4-5-10-3;/h7,9H,4-6H2,1-3H3;1H. The molecule has 0 spiro atoms. The van der Waals surface area contributed by atoms with Crippen molar-refractivity contribution in [3.8, 4) is 0 Å². The normalized spacial score (nSPS) is 34.8. The summed E-state index contributed by atoms with van der Waals surface area (Å²) in [6.45, 7) is 5.74. The SMILES string of the molecule is COCCC1(C)NC(C)CO1.Cl. The molecular formula is C8H18ClNO2. The Kier molecular flexibility index (Phi) is 5.09. The van der Waals surface area contributed by atoms with Gasteiger partial charge in [-0.1, -0.05) is 0 Å². The van der Waals surface area contributed by atoms with Gasteiger partial charge in [0.05, 0.1) is 13.2 Å². The number of methoxy groups -OCH3 is 1. The summed E-state index contributed by atoms with van der Waals surface area (Å²) in [7, 11) is 1.71. The van der Waals surface area contributed by atoms with Crippen LogP contribution in [0.1, 0.15) is 20.3 Å². The molecule has 0 aromatic carbocycles. The van der Waals surface area contributed by atoms with Crippen LogP contribution in [0.3, 0.4) is 0 Å². The zero-order valence-corrected chi connectivity index (χ0v) is 8.74. The quantitative estimate of drug-likeness (QED) is 0.734. The summed E-state index contributed by atoms with van der Waals surface area (Å²) in [6.07, 6.45) is 0.911. The van der Waals surface area contributed by atoms with E-state index in [1.807, 2.05) is 0 Å². The Hall–Kier alpha value is 0.170. The topological polar surface area (TPSA) is 30.5 Å². The number of hydrogen-bond donors (Lipinski definition) is 1. The minimum absolute atomic E-state index is 0. The highest BCUT2D eigenvalue weighted by Crippen LogP contribution is 2.18. The van der Waals surface area contributed by atoms with E-state index in [0.29, 0.717) is 6.04 Å². The van der Waals surface area contributed by atoms with Gasteiger partial charge >= 0.3 is 0 Å². The van der Waals surface area contributed by atoms with Crippen LogP contribution in [0.5, 0.6) is 0 Å². The van der Waals surface area contributed by atoms with Crippen LogP contribution in [0.15, 0.2) is 0 Å². The molecular weight excluding hydrogens is 178 g/mol. The summed E-state index contributed by atoms with van der Waals surface area (Å²) in [6, 6.07) is 0.469. The van der Waals surface area contributed by atoms with Gasteiger partial charge in [-0.05, 0) is 13.8 Å². The van der Waals surface area contributed by atoms with E-state index < -0.39 is 0 Å². The molecule has 1 aliphatic heterocycles. The van der Waals surface area contributed by atoms with E-state index in [4.69, 9.17) is 9.47 Å². The highest BCUT2D eigenvalue weighted by molar-refractivity contribution is 5.85. The molecule has 1 heterocycles. The summed E-state index contributed by atoms with van der Waals surface area (Å²) in [4.78, 5) is 0. The van der Waals surface area contributed by atoms with E-state index in [0.717, 1.165) is 19.6 Å². The lowest BCUT2D eigenvalue weighted by Crippen LogP contribution is -2.41. The first-order valence-corrected chi connectivity index (χ1v) is 4.07. The molecule has 2 unspecified atom stereocenters. The Morgan fingerprint density at radius 1 is 1.67 bits per heavy atom. The van der Waals surface area contributed by atoms with Crippen molar-refractivity contribution in [2.24, 2.45) is 0 Å². The lowest BCUT2D eigenvalue weighted by atomic mass is 10.2. The number of halogens is 1. The largest absolute Gasteiger partial charge is 0.385 e. The third-order valence-electron chi connectivity index (χ3n) is 1.99. The predicted octanol–water partition coefficient (Wildman–Crippen LogP) is 1.17. The first-order chi connectivity index (χ1) is 5.16. The maximum absolute atomic E-state index is 5.56. The van der Waals surface area contributed by atoms with Crippen molar-refractivity contribution in [1.29, 1.82) is 0 Å². The van der Waals surface area contributed by atoms with Crippen molar-refractivity contribution >= 4 is 12.4 Å². The second-order valence-electron chi connectivity index (χ2n) is 3.33. The fraction of sp³-hybridized carbons (Fsp3) is 1.00. The average Bonchev–Trinajstić information content (AvgIpc) is 2.28. The van der Waals surface area contributed by atoms with Crippen molar-refractivity contribution in [1.82, 2.24) is 5.32 Å². The van der Waals surface area contributed by atoms with Gasteiger partial charge in [0.15, 0.2) is 0 Å². The van der Waals surface area contributed by atoms with Gasteiger partial charge < -0.3 is 9.47 Å². The molecule has 4 heteroatoms. The van der Waals surface area contributed by atoms with Gasteiger partial charge in [0.25, 0.3) is 0 Å². The lowest BCUT2D eigenvalue weighted by Gasteiger charge is -2.23. The molecule has 1 fully saturated rings. The van der Waals surface area contributed by atoms with Crippen LogP contribution in [0.25, 0.3) is 0 Å². The van der Waals surface area contributed by atoms with Gasteiger partial charge in [-0.2, -0.15) is 0 Å². The number of ether oxygens (including phenoxy) is 2. The van der Waals surface area contributed by atoms with Gasteiger partial charge in [-0.15, -0.1) is 12.4 Å². The van der Waals surface area contributed by atoms with Crippen molar-refractivity contribution in [3.05, 3.63) is 0 Å². The fourth-order valence-electron chi connectivity index (χ4n) is 1.35. The molecule has 0 amide bonds. The van der Waals surface area contributed by atoms with Crippen LogP contribution in [0.4, 0.5) is 0 Å². The first kappa shape index (κ1) is 12.2. The third kappa shape index (κ3) is 3.27. The Morgan fingerprint density at radius 2 is 2.33 bits per heavy atom. The first-order valence-electron chi connectivity index (χ1n) is 4.07. The molecule has 0 aromatic rings. The van der Waals surface area contributed by atoms with Crippen molar-refractivity contribution in [3.63, 3.8) is 0 Å². The van der Waals surface area contributed by atoms with Gasteiger partial charge in [0, 0.05) is 19.6 Å². The molecule has 0 aliphatic carbocycles. The zero-order chi connectivity index (χ0) is 8.32. The van der Waals surface area contributed by atoms with E-state index >= 15 is 0 Å². The monoisotopic (exact) mass is 195 g/mol. The molecule has 3 nitrogen and oxygen atoms in total.